The molecule has 3 N–H and O–H groups in total. The molecule has 1 aromatic heterocycles. The number of amides is 1. The summed E-state index contributed by atoms with van der Waals surface area (Å²) in [5.41, 5.74) is 5.40. The van der Waals surface area contributed by atoms with Gasteiger partial charge in [-0.15, -0.1) is 5.10 Å². The van der Waals surface area contributed by atoms with Crippen molar-refractivity contribution in [3.63, 3.8) is 0 Å². The van der Waals surface area contributed by atoms with Crippen molar-refractivity contribution < 1.29 is 9.90 Å². The molecule has 1 unspecified atom stereocenters. The van der Waals surface area contributed by atoms with Crippen molar-refractivity contribution in [2.24, 2.45) is 0 Å². The Morgan fingerprint density at radius 2 is 2.33 bits per heavy atom. The van der Waals surface area contributed by atoms with E-state index in [1.165, 1.54) is 11.0 Å². The first-order valence-electron chi connectivity index (χ1n) is 6.26. The topological polar surface area (TPSA) is 97.3 Å². The van der Waals surface area contributed by atoms with E-state index in [2.05, 4.69) is 10.1 Å². The maximum atomic E-state index is 12.2. The summed E-state index contributed by atoms with van der Waals surface area (Å²) >= 11 is 0. The summed E-state index contributed by atoms with van der Waals surface area (Å²) in [6.45, 7) is 0.847. The van der Waals surface area contributed by atoms with Gasteiger partial charge in [-0.3, -0.25) is 4.79 Å². The van der Waals surface area contributed by atoms with Gasteiger partial charge >= 0.3 is 0 Å². The Morgan fingerprint density at radius 1 is 1.50 bits per heavy atom. The number of aliphatic hydroxyl groups excluding tert-OH is 1. The fraction of sp³-hybridized carbons (Fsp3) is 0.727. The minimum atomic E-state index is -0.0686. The van der Waals surface area contributed by atoms with Crippen LogP contribution in [-0.4, -0.2) is 49.9 Å². The van der Waals surface area contributed by atoms with Crippen molar-refractivity contribution in [3.05, 3.63) is 6.33 Å². The van der Waals surface area contributed by atoms with Gasteiger partial charge in [0, 0.05) is 6.54 Å². The summed E-state index contributed by atoms with van der Waals surface area (Å²) in [5, 5.41) is 13.2. The lowest BCUT2D eigenvalue weighted by molar-refractivity contribution is -0.135. The Bertz CT molecular complexity index is 406. The number of nitrogens with two attached hydrogens (primary N) is 1. The molecule has 0 aliphatic carbocycles. The number of likely N-dealkylation sites (tertiary alicyclic amines) is 1. The van der Waals surface area contributed by atoms with Gasteiger partial charge in [0.25, 0.3) is 0 Å². The molecule has 2 heterocycles. The largest absolute Gasteiger partial charge is 0.394 e. The van der Waals surface area contributed by atoms with Crippen LogP contribution >= 0.6 is 0 Å². The molecule has 1 fully saturated rings. The normalized spacial score (nSPS) is 20.7. The second kappa shape index (κ2) is 5.81. The first kappa shape index (κ1) is 12.8. The van der Waals surface area contributed by atoms with Crippen molar-refractivity contribution in [2.45, 2.75) is 38.3 Å². The number of carbonyl (C=O) groups is 1. The zero-order chi connectivity index (χ0) is 13.0. The zero-order valence-corrected chi connectivity index (χ0v) is 10.3. The van der Waals surface area contributed by atoms with Crippen molar-refractivity contribution in [1.29, 1.82) is 0 Å². The number of aromatic nitrogens is 3. The summed E-state index contributed by atoms with van der Waals surface area (Å²) in [4.78, 5) is 17.7. The minimum Gasteiger partial charge on any atom is -0.394 e. The molecule has 7 heteroatoms. The smallest absolute Gasteiger partial charge is 0.244 e. The van der Waals surface area contributed by atoms with Crippen molar-refractivity contribution in [1.82, 2.24) is 19.7 Å². The van der Waals surface area contributed by atoms with Gasteiger partial charge in [0.1, 0.15) is 12.9 Å². The third-order valence-corrected chi connectivity index (χ3v) is 3.26. The molecule has 7 nitrogen and oxygen atoms in total. The molecule has 0 aromatic carbocycles. The summed E-state index contributed by atoms with van der Waals surface area (Å²) < 4.78 is 1.43. The van der Waals surface area contributed by atoms with E-state index in [1.807, 2.05) is 0 Å². The van der Waals surface area contributed by atoms with Gasteiger partial charge in [-0.05, 0) is 12.8 Å². The van der Waals surface area contributed by atoms with E-state index in [0.717, 1.165) is 25.7 Å². The Labute approximate surface area is 106 Å². The molecule has 1 saturated heterocycles. The predicted octanol–water partition coefficient (Wildman–Crippen LogP) is -0.376. The fourth-order valence-electron chi connectivity index (χ4n) is 2.31. The Morgan fingerprint density at radius 3 is 3.00 bits per heavy atom. The predicted molar refractivity (Wildman–Crippen MR) is 65.5 cm³/mol. The molecule has 100 valence electrons. The average molecular weight is 253 g/mol. The maximum Gasteiger partial charge on any atom is 0.244 e. The number of hydrogen-bond acceptors (Lipinski definition) is 5. The molecule has 1 aliphatic rings. The molecule has 1 aliphatic heterocycles. The highest BCUT2D eigenvalue weighted by Gasteiger charge is 2.24. The highest BCUT2D eigenvalue weighted by Crippen LogP contribution is 2.16. The summed E-state index contributed by atoms with van der Waals surface area (Å²) in [6, 6.07) is -0.0686. The summed E-state index contributed by atoms with van der Waals surface area (Å²) in [5.74, 6) is 0.123. The zero-order valence-electron chi connectivity index (χ0n) is 10.3. The number of rotatable bonds is 3. The van der Waals surface area contributed by atoms with E-state index in [1.54, 1.807) is 4.90 Å². The average Bonchev–Trinajstić information content (AvgIpc) is 2.65. The van der Waals surface area contributed by atoms with Crippen LogP contribution in [0.1, 0.15) is 25.7 Å². The van der Waals surface area contributed by atoms with Crippen molar-refractivity contribution in [2.75, 3.05) is 18.9 Å². The van der Waals surface area contributed by atoms with Gasteiger partial charge in [-0.25, -0.2) is 9.67 Å². The maximum absolute atomic E-state index is 12.2. The molecule has 1 aromatic rings. The molecular formula is C11H19N5O2. The molecular weight excluding hydrogens is 234 g/mol. The van der Waals surface area contributed by atoms with Gasteiger partial charge in [-0.2, -0.15) is 0 Å². The quantitative estimate of drug-likeness (QED) is 0.765. The highest BCUT2D eigenvalue weighted by molar-refractivity contribution is 5.76. The van der Waals surface area contributed by atoms with Crippen LogP contribution in [0, 0.1) is 0 Å². The molecule has 2 rings (SSSR count). The van der Waals surface area contributed by atoms with Crippen LogP contribution in [0.4, 0.5) is 5.95 Å². The van der Waals surface area contributed by atoms with Gasteiger partial charge in [0.05, 0.1) is 12.6 Å². The van der Waals surface area contributed by atoms with Gasteiger partial charge in [0.15, 0.2) is 0 Å². The lowest BCUT2D eigenvalue weighted by atomic mass is 10.1. The van der Waals surface area contributed by atoms with Crippen molar-refractivity contribution >= 4 is 11.9 Å². The van der Waals surface area contributed by atoms with Gasteiger partial charge < -0.3 is 15.7 Å². The first-order valence-corrected chi connectivity index (χ1v) is 6.26. The Kier molecular flexibility index (Phi) is 4.14. The fourth-order valence-corrected chi connectivity index (χ4v) is 2.31. The highest BCUT2D eigenvalue weighted by atomic mass is 16.3. The van der Waals surface area contributed by atoms with E-state index in [0.29, 0.717) is 6.54 Å². The second-order valence-electron chi connectivity index (χ2n) is 4.57. The van der Waals surface area contributed by atoms with Crippen LogP contribution < -0.4 is 5.73 Å². The van der Waals surface area contributed by atoms with Gasteiger partial charge in [0.2, 0.25) is 11.9 Å². The third kappa shape index (κ3) is 2.98. The Hall–Kier alpha value is -1.63. The van der Waals surface area contributed by atoms with E-state index in [4.69, 9.17) is 5.73 Å². The van der Waals surface area contributed by atoms with Crippen LogP contribution in [0.2, 0.25) is 0 Å². The molecule has 18 heavy (non-hydrogen) atoms. The molecule has 1 amide bonds. The van der Waals surface area contributed by atoms with E-state index in [-0.39, 0.29) is 31.0 Å². The van der Waals surface area contributed by atoms with E-state index < -0.39 is 0 Å². The summed E-state index contributed by atoms with van der Waals surface area (Å²) in [6.07, 6.45) is 5.46. The molecule has 1 atom stereocenters. The van der Waals surface area contributed by atoms with Crippen LogP contribution in [0.5, 0.6) is 0 Å². The number of hydrogen-bond donors (Lipinski definition) is 2. The van der Waals surface area contributed by atoms with Crippen molar-refractivity contribution in [3.8, 4) is 0 Å². The monoisotopic (exact) mass is 253 g/mol. The second-order valence-corrected chi connectivity index (χ2v) is 4.57. The Balaban J connectivity index is 2.01. The third-order valence-electron chi connectivity index (χ3n) is 3.26. The lowest BCUT2D eigenvalue weighted by Gasteiger charge is -2.28. The van der Waals surface area contributed by atoms with Crippen LogP contribution in [0.15, 0.2) is 6.33 Å². The number of nitrogens with zero attached hydrogens (tertiary/aromatic N) is 4. The van der Waals surface area contributed by atoms with E-state index in [9.17, 15) is 9.90 Å². The number of aliphatic hydroxyl groups is 1. The lowest BCUT2D eigenvalue weighted by Crippen LogP contribution is -2.43. The van der Waals surface area contributed by atoms with Crippen LogP contribution in [0.25, 0.3) is 0 Å². The number of anilines is 1. The SMILES string of the molecule is Nc1ncn(CC(=O)N2CCCCCC2CO)n1. The molecule has 0 bridgehead atoms. The molecule has 0 spiro atoms. The van der Waals surface area contributed by atoms with Gasteiger partial charge in [-0.1, -0.05) is 12.8 Å². The summed E-state index contributed by atoms with van der Waals surface area (Å²) in [7, 11) is 0. The first-order chi connectivity index (χ1) is 8.70. The number of carbonyl (C=O) groups excluding carboxylic acids is 1. The molecule has 0 radical (unpaired) electrons. The standard InChI is InChI=1S/C11H19N5O2/c12-11-13-8-15(14-11)6-10(18)16-5-3-1-2-4-9(16)7-17/h8-9,17H,1-7H2,(H2,12,14). The van der Waals surface area contributed by atoms with E-state index >= 15 is 0 Å². The van der Waals surface area contributed by atoms with Crippen LogP contribution in [-0.2, 0) is 11.3 Å². The number of nitrogen functional groups attached to an aromatic ring is 1. The minimum absolute atomic E-state index is 0.0191. The van der Waals surface area contributed by atoms with Crippen LogP contribution in [0.3, 0.4) is 0 Å². The molecule has 0 saturated carbocycles.